The molecule has 0 amide bonds. The first kappa shape index (κ1) is 94.1. The Balaban J connectivity index is 5.16. The van der Waals surface area contributed by atoms with E-state index in [0.29, 0.717) is 31.6 Å². The lowest BCUT2D eigenvalue weighted by atomic mass is 10.0. The maximum atomic E-state index is 13.1. The summed E-state index contributed by atoms with van der Waals surface area (Å²) in [6.45, 7) is 9.51. The lowest BCUT2D eigenvalue weighted by Crippen LogP contribution is -2.30. The molecule has 19 heteroatoms. The molecule has 17 nitrogen and oxygen atoms in total. The molecule has 0 aliphatic heterocycles. The summed E-state index contributed by atoms with van der Waals surface area (Å²) in [4.78, 5) is 72.6. The van der Waals surface area contributed by atoms with Crippen LogP contribution in [0.5, 0.6) is 0 Å². The fourth-order valence-electron chi connectivity index (χ4n) is 11.8. The van der Waals surface area contributed by atoms with E-state index in [1.54, 1.807) is 0 Å². The van der Waals surface area contributed by atoms with Gasteiger partial charge in [0.15, 0.2) is 12.2 Å². The molecule has 0 aliphatic carbocycles. The average molecular weight is 1410 g/mol. The number of hydrogen-bond acceptors (Lipinski definition) is 15. The van der Waals surface area contributed by atoms with Crippen LogP contribution in [-0.2, 0) is 65.4 Å². The van der Waals surface area contributed by atoms with Crippen molar-refractivity contribution in [3.63, 3.8) is 0 Å². The zero-order valence-electron chi connectivity index (χ0n) is 62.7. The second-order valence-corrected chi connectivity index (χ2v) is 31.6. The lowest BCUT2D eigenvalue weighted by Gasteiger charge is -2.21. The number of ether oxygens (including phenoxy) is 4. The van der Waals surface area contributed by atoms with Gasteiger partial charge in [0, 0.05) is 25.7 Å². The van der Waals surface area contributed by atoms with E-state index in [2.05, 4.69) is 41.5 Å². The molecule has 0 heterocycles. The van der Waals surface area contributed by atoms with Gasteiger partial charge in [-0.25, -0.2) is 9.13 Å². The first-order valence-electron chi connectivity index (χ1n) is 40.0. The van der Waals surface area contributed by atoms with E-state index in [4.69, 9.17) is 37.0 Å². The Hall–Kier alpha value is -1.94. The first-order chi connectivity index (χ1) is 46.4. The number of carbonyl (C=O) groups is 4. The molecule has 0 rings (SSSR count). The van der Waals surface area contributed by atoms with Crippen LogP contribution in [0, 0.1) is 11.8 Å². The third-order valence-corrected chi connectivity index (χ3v) is 19.9. The van der Waals surface area contributed by atoms with Gasteiger partial charge in [0.05, 0.1) is 26.4 Å². The molecule has 0 spiro atoms. The molecule has 5 atom stereocenters. The summed E-state index contributed by atoms with van der Waals surface area (Å²) in [5.41, 5.74) is 0. The Labute approximate surface area is 588 Å². The number of aliphatic hydroxyl groups is 1. The summed E-state index contributed by atoms with van der Waals surface area (Å²) in [5, 5.41) is 10.6. The fraction of sp³-hybridized carbons (Fsp3) is 0.948. The molecule has 2 unspecified atom stereocenters. The van der Waals surface area contributed by atoms with E-state index in [9.17, 15) is 43.2 Å². The molecule has 0 aliphatic rings. The predicted molar refractivity (Wildman–Crippen MR) is 391 cm³/mol. The van der Waals surface area contributed by atoms with E-state index in [1.807, 2.05) is 0 Å². The summed E-state index contributed by atoms with van der Waals surface area (Å²) in [6, 6.07) is 0. The van der Waals surface area contributed by atoms with Crippen molar-refractivity contribution >= 4 is 39.5 Å². The van der Waals surface area contributed by atoms with Crippen molar-refractivity contribution in [1.29, 1.82) is 0 Å². The Morgan fingerprint density at radius 2 is 0.479 bits per heavy atom. The molecule has 0 saturated carbocycles. The zero-order chi connectivity index (χ0) is 70.7. The van der Waals surface area contributed by atoms with Crippen LogP contribution in [0.3, 0.4) is 0 Å². The molecule has 0 saturated heterocycles. The molecule has 0 aromatic carbocycles. The van der Waals surface area contributed by atoms with E-state index in [1.165, 1.54) is 212 Å². The molecule has 0 bridgehead atoms. The Morgan fingerprint density at radius 3 is 0.708 bits per heavy atom. The van der Waals surface area contributed by atoms with E-state index in [0.717, 1.165) is 102 Å². The van der Waals surface area contributed by atoms with Gasteiger partial charge >= 0.3 is 39.5 Å². The van der Waals surface area contributed by atoms with Gasteiger partial charge in [-0.15, -0.1) is 0 Å². The number of rotatable bonds is 76. The Bertz CT molecular complexity index is 1860. The smallest absolute Gasteiger partial charge is 0.462 e. The molecular formula is C77H150O17P2. The van der Waals surface area contributed by atoms with E-state index in [-0.39, 0.29) is 25.7 Å². The number of aliphatic hydroxyl groups excluding tert-OH is 1. The number of hydrogen-bond donors (Lipinski definition) is 3. The second kappa shape index (κ2) is 68.8. The van der Waals surface area contributed by atoms with Crippen LogP contribution >= 0.6 is 15.6 Å². The second-order valence-electron chi connectivity index (χ2n) is 28.7. The Kier molecular flexibility index (Phi) is 67.4. The quantitative estimate of drug-likeness (QED) is 0.0222. The van der Waals surface area contributed by atoms with Crippen LogP contribution in [0.4, 0.5) is 0 Å². The van der Waals surface area contributed by atoms with Crippen LogP contribution in [0.1, 0.15) is 401 Å². The van der Waals surface area contributed by atoms with Gasteiger partial charge in [0.1, 0.15) is 19.3 Å². The van der Waals surface area contributed by atoms with Crippen LogP contribution in [0.15, 0.2) is 0 Å². The van der Waals surface area contributed by atoms with Crippen molar-refractivity contribution in [2.24, 2.45) is 11.8 Å². The van der Waals surface area contributed by atoms with Crippen molar-refractivity contribution in [2.75, 3.05) is 39.6 Å². The van der Waals surface area contributed by atoms with Crippen LogP contribution in [0.2, 0.25) is 0 Å². The summed E-state index contributed by atoms with van der Waals surface area (Å²) in [7, 11) is -9.90. The van der Waals surface area contributed by atoms with Crippen molar-refractivity contribution in [2.45, 2.75) is 419 Å². The maximum Gasteiger partial charge on any atom is 0.472 e. The number of phosphoric acid groups is 2. The minimum Gasteiger partial charge on any atom is -0.462 e. The molecular weight excluding hydrogens is 1260 g/mol. The van der Waals surface area contributed by atoms with Gasteiger partial charge < -0.3 is 33.8 Å². The third-order valence-electron chi connectivity index (χ3n) is 18.0. The minimum absolute atomic E-state index is 0.102. The standard InChI is InChI=1S/C77H150O17P2/c1-7-9-11-13-15-17-18-19-20-21-22-23-24-29-32-35-38-42-49-55-61-76(81)93-72(65-88-75(80)60-54-48-41-37-34-31-28-26-25-27-30-33-36-39-45-51-57-69(3)4)67-91-95(83,84)89-63-71(78)64-90-96(85,86)92-68-73(66-87-74(79)59-53-47-40-16-14-12-10-8-2)94-77(82)62-56-50-44-43-46-52-58-70(5)6/h69-73,78H,7-68H2,1-6H3,(H,83,84)(H,85,86)/t71-,72-,73-/m1/s1. The highest BCUT2D eigenvalue weighted by Crippen LogP contribution is 2.45. The third kappa shape index (κ3) is 70.5. The largest absolute Gasteiger partial charge is 0.472 e. The van der Waals surface area contributed by atoms with Gasteiger partial charge in [-0.05, 0) is 37.5 Å². The monoisotopic (exact) mass is 1410 g/mol. The number of carbonyl (C=O) groups excluding carboxylic acids is 4. The average Bonchev–Trinajstić information content (AvgIpc) is 1.18. The van der Waals surface area contributed by atoms with Crippen molar-refractivity contribution in [1.82, 2.24) is 0 Å². The predicted octanol–water partition coefficient (Wildman–Crippen LogP) is 22.7. The number of unbranched alkanes of at least 4 members (excludes halogenated alkanes) is 46. The summed E-state index contributed by atoms with van der Waals surface area (Å²) < 4.78 is 68.4. The van der Waals surface area contributed by atoms with Crippen LogP contribution in [-0.4, -0.2) is 96.7 Å². The summed E-state index contributed by atoms with van der Waals surface area (Å²) in [6.07, 6.45) is 57.3. The van der Waals surface area contributed by atoms with Gasteiger partial charge in [-0.3, -0.25) is 37.3 Å². The maximum absolute atomic E-state index is 13.1. The van der Waals surface area contributed by atoms with Gasteiger partial charge in [-0.2, -0.15) is 0 Å². The van der Waals surface area contributed by atoms with Crippen LogP contribution < -0.4 is 0 Å². The normalized spacial score (nSPS) is 14.0. The minimum atomic E-state index is -4.96. The van der Waals surface area contributed by atoms with Crippen molar-refractivity contribution < 1.29 is 80.2 Å². The zero-order valence-corrected chi connectivity index (χ0v) is 64.5. The molecule has 0 aromatic rings. The highest BCUT2D eigenvalue weighted by molar-refractivity contribution is 7.47. The highest BCUT2D eigenvalue weighted by Gasteiger charge is 2.30. The number of phosphoric ester groups is 2. The lowest BCUT2D eigenvalue weighted by molar-refractivity contribution is -0.161. The summed E-state index contributed by atoms with van der Waals surface area (Å²) >= 11 is 0. The van der Waals surface area contributed by atoms with Crippen molar-refractivity contribution in [3.8, 4) is 0 Å². The van der Waals surface area contributed by atoms with E-state index >= 15 is 0 Å². The molecule has 0 fully saturated rings. The SMILES string of the molecule is CCCCCCCCCCCCCCCCCCCCCCC(=O)O[C@H](COC(=O)CCCCCCCCCCCCCCCCCCC(C)C)COP(=O)(O)OC[C@@H](O)COP(=O)(O)OC[C@@H](COC(=O)CCCCCCCCCC)OC(=O)CCCCCCCCC(C)C. The van der Waals surface area contributed by atoms with Gasteiger partial charge in [0.2, 0.25) is 0 Å². The Morgan fingerprint density at radius 1 is 0.281 bits per heavy atom. The summed E-state index contributed by atoms with van der Waals surface area (Å²) in [5.74, 6) is -0.640. The van der Waals surface area contributed by atoms with Crippen molar-refractivity contribution in [3.05, 3.63) is 0 Å². The van der Waals surface area contributed by atoms with Crippen LogP contribution in [0.25, 0.3) is 0 Å². The first-order valence-corrected chi connectivity index (χ1v) is 43.0. The number of esters is 4. The molecule has 0 aromatic heterocycles. The topological polar surface area (TPSA) is 237 Å². The van der Waals surface area contributed by atoms with Gasteiger partial charge in [-0.1, -0.05) is 350 Å². The molecule has 96 heavy (non-hydrogen) atoms. The molecule has 570 valence electrons. The molecule has 0 radical (unpaired) electrons. The van der Waals surface area contributed by atoms with Gasteiger partial charge in [0.25, 0.3) is 0 Å². The highest BCUT2D eigenvalue weighted by atomic mass is 31.2. The molecule has 3 N–H and O–H groups in total. The van der Waals surface area contributed by atoms with E-state index < -0.39 is 97.5 Å². The fourth-order valence-corrected chi connectivity index (χ4v) is 13.4.